The first kappa shape index (κ1) is 36.5. The number of aromatic nitrogens is 1. The van der Waals surface area contributed by atoms with Crippen molar-refractivity contribution in [2.45, 2.75) is 6.17 Å². The van der Waals surface area contributed by atoms with Gasteiger partial charge in [-0.25, -0.2) is 9.98 Å². The molecule has 1 aliphatic rings. The fourth-order valence-electron chi connectivity index (χ4n) is 9.92. The molecular weight excluding hydrogens is 797 g/mol. The maximum atomic E-state index is 5.58. The highest BCUT2D eigenvalue weighted by atomic mass is 32.1. The van der Waals surface area contributed by atoms with Gasteiger partial charge in [0.2, 0.25) is 0 Å². The Balaban J connectivity index is 1.13. The normalized spacial score (nSPS) is 14.1. The van der Waals surface area contributed by atoms with E-state index < -0.39 is 6.17 Å². The third-order valence-corrected chi connectivity index (χ3v) is 14.1. The number of rotatable bonds is 6. The fraction of sp³-hybridized carbons (Fsp3) is 0.0169. The molecule has 4 nitrogen and oxygen atoms in total. The predicted octanol–water partition coefficient (Wildman–Crippen LogP) is 15.3. The van der Waals surface area contributed by atoms with Gasteiger partial charge in [-0.05, 0) is 74.6 Å². The topological polar surface area (TPSA) is 41.7 Å². The smallest absolute Gasteiger partial charge is 0.159 e. The van der Waals surface area contributed by atoms with E-state index in [-0.39, 0.29) is 0 Å². The van der Waals surface area contributed by atoms with Crippen molar-refractivity contribution in [3.05, 3.63) is 235 Å². The molecule has 0 fully saturated rings. The molecule has 0 spiro atoms. The van der Waals surface area contributed by atoms with Gasteiger partial charge in [-0.15, -0.1) is 11.3 Å². The van der Waals surface area contributed by atoms with E-state index in [9.17, 15) is 0 Å². The van der Waals surface area contributed by atoms with Gasteiger partial charge < -0.3 is 9.88 Å². The molecule has 2 aromatic heterocycles. The summed E-state index contributed by atoms with van der Waals surface area (Å²) in [6.45, 7) is 0. The second-order valence-electron chi connectivity index (χ2n) is 16.5. The Labute approximate surface area is 373 Å². The summed E-state index contributed by atoms with van der Waals surface area (Å²) in [5.74, 6) is 1.48. The largest absolute Gasteiger partial charge is 0.344 e. The summed E-state index contributed by atoms with van der Waals surface area (Å²) < 4.78 is 4.95. The summed E-state index contributed by atoms with van der Waals surface area (Å²) in [4.78, 5) is 10.8. The number of hydrogen-bond acceptors (Lipinski definition) is 4. The molecule has 12 aromatic rings. The van der Waals surface area contributed by atoms with Crippen LogP contribution in [-0.2, 0) is 0 Å². The van der Waals surface area contributed by atoms with Crippen LogP contribution in [-0.4, -0.2) is 16.2 Å². The lowest BCUT2D eigenvalue weighted by Gasteiger charge is -2.28. The Hall–Kier alpha value is -8.12. The Kier molecular flexibility index (Phi) is 8.43. The summed E-state index contributed by atoms with van der Waals surface area (Å²) in [5.41, 5.74) is 11.1. The first-order chi connectivity index (χ1) is 31.7. The van der Waals surface area contributed by atoms with Crippen molar-refractivity contribution >= 4 is 86.5 Å². The molecule has 0 amide bonds. The van der Waals surface area contributed by atoms with E-state index >= 15 is 0 Å². The highest BCUT2D eigenvalue weighted by Crippen LogP contribution is 2.47. The van der Waals surface area contributed by atoms with Crippen LogP contribution in [0, 0.1) is 0 Å². The van der Waals surface area contributed by atoms with Crippen molar-refractivity contribution in [3.63, 3.8) is 0 Å². The minimum atomic E-state index is -0.487. The number of nitrogens with zero attached hydrogens (tertiary/aromatic N) is 3. The van der Waals surface area contributed by atoms with Gasteiger partial charge >= 0.3 is 0 Å². The summed E-state index contributed by atoms with van der Waals surface area (Å²) >= 11 is 1.86. The van der Waals surface area contributed by atoms with Gasteiger partial charge in [0.25, 0.3) is 0 Å². The van der Waals surface area contributed by atoms with Crippen LogP contribution in [0.5, 0.6) is 0 Å². The van der Waals surface area contributed by atoms with Crippen molar-refractivity contribution in [1.82, 2.24) is 9.88 Å². The third kappa shape index (κ3) is 5.89. The van der Waals surface area contributed by atoms with E-state index in [0.717, 1.165) is 44.9 Å². The van der Waals surface area contributed by atoms with E-state index in [4.69, 9.17) is 9.98 Å². The number of amidine groups is 2. The van der Waals surface area contributed by atoms with E-state index in [2.05, 4.69) is 216 Å². The van der Waals surface area contributed by atoms with Gasteiger partial charge in [-0.1, -0.05) is 182 Å². The molecule has 5 heteroatoms. The molecule has 10 aromatic carbocycles. The number of thiophene rings is 1. The van der Waals surface area contributed by atoms with Gasteiger partial charge in [0.15, 0.2) is 5.84 Å². The first-order valence-corrected chi connectivity index (χ1v) is 22.6. The van der Waals surface area contributed by atoms with Crippen LogP contribution >= 0.6 is 11.3 Å². The molecule has 1 atom stereocenters. The van der Waals surface area contributed by atoms with Crippen LogP contribution in [0.25, 0.3) is 91.5 Å². The van der Waals surface area contributed by atoms with Crippen LogP contribution in [0.4, 0.5) is 0 Å². The average Bonchev–Trinajstić information content (AvgIpc) is 3.92. The molecule has 0 bridgehead atoms. The van der Waals surface area contributed by atoms with Crippen molar-refractivity contribution in [2.24, 2.45) is 9.98 Å². The maximum Gasteiger partial charge on any atom is 0.159 e. The predicted molar refractivity (Wildman–Crippen MR) is 271 cm³/mol. The fourth-order valence-corrected chi connectivity index (χ4v) is 11.1. The van der Waals surface area contributed by atoms with Crippen LogP contribution in [0.15, 0.2) is 228 Å². The van der Waals surface area contributed by atoms with E-state index in [1.807, 2.05) is 23.5 Å². The van der Waals surface area contributed by atoms with Gasteiger partial charge in [-0.2, -0.15) is 0 Å². The minimum absolute atomic E-state index is 0.487. The van der Waals surface area contributed by atoms with Crippen LogP contribution in [0.1, 0.15) is 22.9 Å². The van der Waals surface area contributed by atoms with Gasteiger partial charge in [0, 0.05) is 58.9 Å². The lowest BCUT2D eigenvalue weighted by Crippen LogP contribution is -2.34. The molecule has 300 valence electrons. The van der Waals surface area contributed by atoms with Crippen LogP contribution in [0.2, 0.25) is 0 Å². The van der Waals surface area contributed by atoms with Gasteiger partial charge in [0.1, 0.15) is 12.0 Å². The molecule has 3 heterocycles. The Bertz CT molecular complexity index is 3820. The summed E-state index contributed by atoms with van der Waals surface area (Å²) in [7, 11) is 0. The standard InChI is InChI=1S/C59H38N4S/c1-3-17-39(18-4-1)57-60-58(40-19-5-2-6-20-40)62-59(61-57)55-44(41-33-32-38-31-30-37-16-7-8-21-43(37)49(38)34-41)25-15-26-48(55)51-36-42(35-50-47-24-11-14-29-54(47)64-56(50)51)63-52-27-12-9-22-45(52)46-23-10-13-28-53(46)63/h1-36,59H,(H,60,61,62). The molecule has 0 aliphatic carbocycles. The van der Waals surface area contributed by atoms with Crippen molar-refractivity contribution in [1.29, 1.82) is 0 Å². The molecule has 1 unspecified atom stereocenters. The summed E-state index contributed by atoms with van der Waals surface area (Å²) in [6, 6.07) is 78.9. The second kappa shape index (κ2) is 14.8. The first-order valence-electron chi connectivity index (χ1n) is 21.8. The van der Waals surface area contributed by atoms with Crippen LogP contribution < -0.4 is 5.32 Å². The molecule has 13 rings (SSSR count). The van der Waals surface area contributed by atoms with Crippen molar-refractivity contribution in [2.75, 3.05) is 0 Å². The number of para-hydroxylation sites is 2. The summed E-state index contributed by atoms with van der Waals surface area (Å²) in [6.07, 6.45) is -0.487. The van der Waals surface area contributed by atoms with Crippen LogP contribution in [0.3, 0.4) is 0 Å². The molecule has 0 saturated heterocycles. The molecule has 1 aliphatic heterocycles. The average molecular weight is 835 g/mol. The SMILES string of the molecule is c1ccc(C2=NC(c3c(-c4ccc5ccc6ccccc6c5c4)cccc3-c3cc(-n4c5ccccc5c5ccccc54)cc4c3sc3ccccc34)NC(c3ccccc3)=N2)cc1. The highest BCUT2D eigenvalue weighted by Gasteiger charge is 2.28. The number of fused-ring (bicyclic) bond motifs is 9. The lowest BCUT2D eigenvalue weighted by molar-refractivity contribution is 0.677. The minimum Gasteiger partial charge on any atom is -0.344 e. The van der Waals surface area contributed by atoms with E-state index in [0.29, 0.717) is 5.84 Å². The van der Waals surface area contributed by atoms with Gasteiger partial charge in [0.05, 0.1) is 11.0 Å². The summed E-state index contributed by atoms with van der Waals surface area (Å²) in [5, 5.41) is 13.8. The third-order valence-electron chi connectivity index (χ3n) is 12.9. The second-order valence-corrected chi connectivity index (χ2v) is 17.6. The molecular formula is C59H38N4S. The number of nitrogens with one attached hydrogen (secondary N) is 1. The zero-order chi connectivity index (χ0) is 42.1. The van der Waals surface area contributed by atoms with Crippen molar-refractivity contribution < 1.29 is 0 Å². The Morgan fingerprint density at radius 2 is 1.03 bits per heavy atom. The molecule has 0 radical (unpaired) electrons. The van der Waals surface area contributed by atoms with E-state index in [1.54, 1.807) is 0 Å². The zero-order valence-electron chi connectivity index (χ0n) is 34.6. The molecule has 1 N–H and O–H groups in total. The number of aliphatic imine (C=N–C) groups is 2. The maximum absolute atomic E-state index is 5.58. The van der Waals surface area contributed by atoms with Gasteiger partial charge in [-0.3, -0.25) is 0 Å². The molecule has 0 saturated carbocycles. The number of benzene rings is 10. The van der Waals surface area contributed by atoms with E-state index in [1.165, 1.54) is 69.1 Å². The quantitative estimate of drug-likeness (QED) is 0.167. The molecule has 64 heavy (non-hydrogen) atoms. The Morgan fingerprint density at radius 1 is 0.422 bits per heavy atom. The number of hydrogen-bond donors (Lipinski definition) is 1. The monoisotopic (exact) mass is 834 g/mol. The Morgan fingerprint density at radius 3 is 1.80 bits per heavy atom. The zero-order valence-corrected chi connectivity index (χ0v) is 35.4. The van der Waals surface area contributed by atoms with Crippen molar-refractivity contribution in [3.8, 4) is 27.9 Å². The lowest BCUT2D eigenvalue weighted by atomic mass is 9.88. The highest BCUT2D eigenvalue weighted by molar-refractivity contribution is 7.26.